The van der Waals surface area contributed by atoms with E-state index in [2.05, 4.69) is 62.5 Å². The zero-order valence-electron chi connectivity index (χ0n) is 34.0. The summed E-state index contributed by atoms with van der Waals surface area (Å²) in [7, 11) is -4.61. The molecule has 0 aromatic heterocycles. The smallest absolute Gasteiger partial charge is 0.306 e. The Balaban J connectivity index is 2.51. The summed E-state index contributed by atoms with van der Waals surface area (Å²) in [5, 5.41) is 30.7. The highest BCUT2D eigenvalue weighted by molar-refractivity contribution is 7.85. The molecule has 1 heterocycles. The van der Waals surface area contributed by atoms with Crippen LogP contribution in [0, 0.1) is 0 Å². The van der Waals surface area contributed by atoms with Gasteiger partial charge in [0, 0.05) is 12.8 Å². The molecule has 1 rings (SSSR count). The van der Waals surface area contributed by atoms with Crippen molar-refractivity contribution in [2.75, 3.05) is 19.0 Å². The first-order valence-corrected chi connectivity index (χ1v) is 22.5. The number of allylic oxidation sites excluding steroid dienone is 10. The van der Waals surface area contributed by atoms with Crippen molar-refractivity contribution in [2.24, 2.45) is 0 Å². The minimum absolute atomic E-state index is 0.0942. The van der Waals surface area contributed by atoms with Crippen LogP contribution in [0.4, 0.5) is 0 Å². The summed E-state index contributed by atoms with van der Waals surface area (Å²) in [5.74, 6) is -2.10. The van der Waals surface area contributed by atoms with Crippen LogP contribution in [0.2, 0.25) is 0 Å². The van der Waals surface area contributed by atoms with Gasteiger partial charge in [0.2, 0.25) is 0 Å². The van der Waals surface area contributed by atoms with Gasteiger partial charge in [-0.25, -0.2) is 0 Å². The van der Waals surface area contributed by atoms with Crippen molar-refractivity contribution in [1.82, 2.24) is 0 Å². The van der Waals surface area contributed by atoms with Gasteiger partial charge in [-0.05, 0) is 51.4 Å². The second-order valence-corrected chi connectivity index (χ2v) is 15.8. The molecule has 1 aliphatic rings. The summed E-state index contributed by atoms with van der Waals surface area (Å²) < 4.78 is 53.7. The molecule has 1 aliphatic heterocycles. The predicted octanol–water partition coefficient (Wildman–Crippen LogP) is 7.78. The van der Waals surface area contributed by atoms with Gasteiger partial charge in [-0.2, -0.15) is 8.42 Å². The number of aliphatic hydroxyl groups is 3. The Hall–Kier alpha value is -2.65. The second-order valence-electron chi connectivity index (χ2n) is 14.3. The van der Waals surface area contributed by atoms with Crippen molar-refractivity contribution in [3.05, 3.63) is 60.8 Å². The Morgan fingerprint density at radius 1 is 0.607 bits per heavy atom. The average molecular weight is 813 g/mol. The van der Waals surface area contributed by atoms with Crippen molar-refractivity contribution in [2.45, 2.75) is 179 Å². The van der Waals surface area contributed by atoms with E-state index in [9.17, 15) is 37.9 Å². The quantitative estimate of drug-likeness (QED) is 0.0219. The largest absolute Gasteiger partial charge is 0.462 e. The number of hydrogen-bond acceptors (Lipinski definition) is 11. The first-order valence-electron chi connectivity index (χ1n) is 20.8. The molecule has 12 nitrogen and oxygen atoms in total. The number of hydrogen-bond donors (Lipinski definition) is 4. The van der Waals surface area contributed by atoms with E-state index in [4.69, 9.17) is 18.9 Å². The normalized spacial score (nSPS) is 21.3. The molecule has 0 bridgehead atoms. The summed E-state index contributed by atoms with van der Waals surface area (Å²) in [6, 6.07) is 0. The lowest BCUT2D eigenvalue weighted by Gasteiger charge is -2.40. The van der Waals surface area contributed by atoms with Gasteiger partial charge in [-0.15, -0.1) is 0 Å². The second kappa shape index (κ2) is 33.3. The zero-order chi connectivity index (χ0) is 41.3. The molecule has 2 unspecified atom stereocenters. The van der Waals surface area contributed by atoms with E-state index in [-0.39, 0.29) is 19.4 Å². The van der Waals surface area contributed by atoms with Gasteiger partial charge in [0.1, 0.15) is 36.8 Å². The molecule has 0 radical (unpaired) electrons. The van der Waals surface area contributed by atoms with Gasteiger partial charge in [0.15, 0.2) is 12.4 Å². The van der Waals surface area contributed by atoms with E-state index >= 15 is 0 Å². The molecule has 6 atom stereocenters. The van der Waals surface area contributed by atoms with Crippen molar-refractivity contribution in [3.63, 3.8) is 0 Å². The lowest BCUT2D eigenvalue weighted by molar-refractivity contribution is -0.297. The summed E-state index contributed by atoms with van der Waals surface area (Å²) in [4.78, 5) is 25.2. The van der Waals surface area contributed by atoms with Gasteiger partial charge < -0.3 is 34.3 Å². The van der Waals surface area contributed by atoms with Gasteiger partial charge in [-0.3, -0.25) is 14.1 Å². The van der Waals surface area contributed by atoms with Crippen LogP contribution in [0.5, 0.6) is 0 Å². The Kier molecular flexibility index (Phi) is 30.6. The van der Waals surface area contributed by atoms with E-state index in [0.29, 0.717) is 12.8 Å². The molecular formula is C43H72O12S. The number of esters is 2. The van der Waals surface area contributed by atoms with Crippen molar-refractivity contribution >= 4 is 22.1 Å². The first-order chi connectivity index (χ1) is 27.0. The standard InChI is InChI=1S/C43H72O12S/c1-3-5-7-9-11-13-14-15-16-17-18-19-20-21-22-24-25-27-29-31-38(44)52-33-36(54-39(45)32-30-28-26-23-12-10-8-6-4-2)34-53-43-42(48)41(47)40(46)37(55-43)35-56(49,50)51/h11,13,15-16,18-19,21-22,25,27,36-37,40-43,46-48H,3-10,12,14,17,20,23-24,26,28-35H2,1-2H3,(H,49,50,51)/b13-11+,16-15+,19-18+,22-21+,27-25+/t36-,37-,40-,41?,42?,43+/m1/s1. The van der Waals surface area contributed by atoms with Crippen LogP contribution in [0.15, 0.2) is 60.8 Å². The Bertz CT molecular complexity index is 1280. The fraction of sp³-hybridized carbons (Fsp3) is 0.721. The summed E-state index contributed by atoms with van der Waals surface area (Å²) in [6.07, 6.45) is 30.1. The Morgan fingerprint density at radius 3 is 1.66 bits per heavy atom. The van der Waals surface area contributed by atoms with E-state index in [1.54, 1.807) is 0 Å². The number of rotatable bonds is 33. The topological polar surface area (TPSA) is 186 Å². The van der Waals surface area contributed by atoms with Gasteiger partial charge in [-0.1, -0.05) is 139 Å². The highest BCUT2D eigenvalue weighted by atomic mass is 32.2. The van der Waals surface area contributed by atoms with Crippen LogP contribution in [0.3, 0.4) is 0 Å². The average Bonchev–Trinajstić information content (AvgIpc) is 3.16. The molecular weight excluding hydrogens is 741 g/mol. The third kappa shape index (κ3) is 27.9. The summed E-state index contributed by atoms with van der Waals surface area (Å²) in [6.45, 7) is 3.61. The van der Waals surface area contributed by atoms with E-state index in [1.165, 1.54) is 51.4 Å². The van der Waals surface area contributed by atoms with Crippen molar-refractivity contribution < 1.29 is 56.8 Å². The van der Waals surface area contributed by atoms with Crippen LogP contribution in [-0.2, 0) is 38.7 Å². The monoisotopic (exact) mass is 812 g/mol. The minimum Gasteiger partial charge on any atom is -0.462 e. The molecule has 13 heteroatoms. The molecule has 1 saturated heterocycles. The Labute approximate surface area is 336 Å². The molecule has 0 aromatic carbocycles. The highest BCUT2D eigenvalue weighted by Crippen LogP contribution is 2.24. The van der Waals surface area contributed by atoms with Crippen LogP contribution in [-0.4, -0.2) is 96.0 Å². The molecule has 0 saturated carbocycles. The number of ether oxygens (including phenoxy) is 4. The molecule has 0 aliphatic carbocycles. The fourth-order valence-corrected chi connectivity index (χ4v) is 6.52. The molecule has 4 N–H and O–H groups in total. The maximum absolute atomic E-state index is 12.7. The molecule has 0 aromatic rings. The number of carbonyl (C=O) groups excluding carboxylic acids is 2. The molecule has 1 fully saturated rings. The number of unbranched alkanes of at least 4 members (excludes halogenated alkanes) is 11. The van der Waals surface area contributed by atoms with E-state index in [0.717, 1.165) is 51.4 Å². The number of aliphatic hydroxyl groups excluding tert-OH is 3. The molecule has 0 spiro atoms. The van der Waals surface area contributed by atoms with Gasteiger partial charge >= 0.3 is 11.9 Å². The van der Waals surface area contributed by atoms with Crippen LogP contribution in [0.25, 0.3) is 0 Å². The third-order valence-corrected chi connectivity index (χ3v) is 9.86. The van der Waals surface area contributed by atoms with E-state index < -0.39 is 71.2 Å². The maximum atomic E-state index is 12.7. The van der Waals surface area contributed by atoms with Crippen LogP contribution in [0.1, 0.15) is 142 Å². The molecule has 0 amide bonds. The lowest BCUT2D eigenvalue weighted by atomic mass is 10.00. The zero-order valence-corrected chi connectivity index (χ0v) is 34.8. The predicted molar refractivity (Wildman–Crippen MR) is 219 cm³/mol. The van der Waals surface area contributed by atoms with Crippen LogP contribution >= 0.6 is 0 Å². The SMILES string of the molecule is CCCCC/C=C/C/C=C/C/C=C/C/C=C/C/C=C/CCC(=O)OC[C@H](CO[C@H]1O[C@H](CS(=O)(=O)O)[C@@H](O)C(O)C1O)OC(=O)CCCCCCCCCCC. The highest BCUT2D eigenvalue weighted by Gasteiger charge is 2.46. The van der Waals surface area contributed by atoms with Crippen molar-refractivity contribution in [1.29, 1.82) is 0 Å². The Morgan fingerprint density at radius 2 is 1.11 bits per heavy atom. The fourth-order valence-electron chi connectivity index (χ4n) is 5.83. The van der Waals surface area contributed by atoms with Gasteiger partial charge in [0.05, 0.1) is 6.61 Å². The van der Waals surface area contributed by atoms with Gasteiger partial charge in [0.25, 0.3) is 10.1 Å². The summed E-state index contributed by atoms with van der Waals surface area (Å²) >= 11 is 0. The molecule has 56 heavy (non-hydrogen) atoms. The maximum Gasteiger partial charge on any atom is 0.306 e. The first kappa shape index (κ1) is 51.4. The molecule has 322 valence electrons. The minimum atomic E-state index is -4.61. The van der Waals surface area contributed by atoms with Crippen molar-refractivity contribution in [3.8, 4) is 0 Å². The number of carbonyl (C=O) groups is 2. The van der Waals surface area contributed by atoms with E-state index in [1.807, 2.05) is 12.2 Å². The lowest BCUT2D eigenvalue weighted by Crippen LogP contribution is -2.60. The van der Waals surface area contributed by atoms with Crippen LogP contribution < -0.4 is 0 Å². The summed E-state index contributed by atoms with van der Waals surface area (Å²) in [5.41, 5.74) is 0. The third-order valence-electron chi connectivity index (χ3n) is 9.11.